The second kappa shape index (κ2) is 9.75. The van der Waals surface area contributed by atoms with Crippen LogP contribution in [0, 0.1) is 0 Å². The average Bonchev–Trinajstić information content (AvgIpc) is 2.42. The van der Waals surface area contributed by atoms with Gasteiger partial charge in [-0.15, -0.1) is 0 Å². The SMILES string of the molecule is CCCOCCOCC(N)c1ccc(OC(C)C)cc1. The molecule has 0 amide bonds. The van der Waals surface area contributed by atoms with Crippen molar-refractivity contribution in [3.05, 3.63) is 29.8 Å². The lowest BCUT2D eigenvalue weighted by Gasteiger charge is -2.14. The summed E-state index contributed by atoms with van der Waals surface area (Å²) < 4.78 is 16.4. The van der Waals surface area contributed by atoms with E-state index in [1.54, 1.807) is 0 Å². The molecule has 1 atom stereocenters. The second-order valence-electron chi connectivity index (χ2n) is 5.03. The van der Waals surface area contributed by atoms with E-state index >= 15 is 0 Å². The molecule has 0 spiro atoms. The number of rotatable bonds is 10. The molecule has 4 nitrogen and oxygen atoms in total. The molecule has 0 saturated heterocycles. The molecule has 0 aliphatic rings. The van der Waals surface area contributed by atoms with Crippen molar-refractivity contribution in [3.8, 4) is 5.75 Å². The van der Waals surface area contributed by atoms with Crippen LogP contribution in [0.5, 0.6) is 5.75 Å². The van der Waals surface area contributed by atoms with E-state index in [1.807, 2.05) is 38.1 Å². The van der Waals surface area contributed by atoms with Gasteiger partial charge in [0.15, 0.2) is 0 Å². The Labute approximate surface area is 122 Å². The smallest absolute Gasteiger partial charge is 0.119 e. The topological polar surface area (TPSA) is 53.7 Å². The fourth-order valence-electron chi connectivity index (χ4n) is 1.74. The minimum Gasteiger partial charge on any atom is -0.491 e. The number of ether oxygens (including phenoxy) is 3. The molecule has 0 bridgehead atoms. The zero-order valence-corrected chi connectivity index (χ0v) is 12.8. The maximum atomic E-state index is 6.08. The van der Waals surface area contributed by atoms with Crippen molar-refractivity contribution in [1.82, 2.24) is 0 Å². The molecular formula is C16H27NO3. The van der Waals surface area contributed by atoms with E-state index in [9.17, 15) is 0 Å². The van der Waals surface area contributed by atoms with Gasteiger partial charge in [-0.25, -0.2) is 0 Å². The minimum atomic E-state index is -0.116. The number of nitrogens with two attached hydrogens (primary N) is 1. The van der Waals surface area contributed by atoms with Crippen molar-refractivity contribution in [2.75, 3.05) is 26.4 Å². The summed E-state index contributed by atoms with van der Waals surface area (Å²) >= 11 is 0. The molecule has 4 heteroatoms. The van der Waals surface area contributed by atoms with Crippen molar-refractivity contribution in [1.29, 1.82) is 0 Å². The van der Waals surface area contributed by atoms with Crippen LogP contribution in [0.2, 0.25) is 0 Å². The van der Waals surface area contributed by atoms with Crippen molar-refractivity contribution < 1.29 is 14.2 Å². The Hall–Kier alpha value is -1.10. The van der Waals surface area contributed by atoms with Gasteiger partial charge in [-0.2, -0.15) is 0 Å². The molecule has 20 heavy (non-hydrogen) atoms. The van der Waals surface area contributed by atoms with Gasteiger partial charge in [0, 0.05) is 6.61 Å². The first-order valence-corrected chi connectivity index (χ1v) is 7.31. The lowest BCUT2D eigenvalue weighted by molar-refractivity contribution is 0.0428. The highest BCUT2D eigenvalue weighted by atomic mass is 16.5. The van der Waals surface area contributed by atoms with Gasteiger partial charge in [0.1, 0.15) is 5.75 Å². The lowest BCUT2D eigenvalue weighted by atomic mass is 10.1. The molecule has 0 radical (unpaired) electrons. The van der Waals surface area contributed by atoms with E-state index in [0.29, 0.717) is 19.8 Å². The zero-order valence-electron chi connectivity index (χ0n) is 12.8. The summed E-state index contributed by atoms with van der Waals surface area (Å²) in [7, 11) is 0. The third-order valence-electron chi connectivity index (χ3n) is 2.70. The Morgan fingerprint density at radius 1 is 1.00 bits per heavy atom. The molecule has 1 aromatic carbocycles. The first-order valence-electron chi connectivity index (χ1n) is 7.31. The van der Waals surface area contributed by atoms with Crippen molar-refractivity contribution in [3.63, 3.8) is 0 Å². The Morgan fingerprint density at radius 2 is 1.65 bits per heavy atom. The fraction of sp³-hybridized carbons (Fsp3) is 0.625. The van der Waals surface area contributed by atoms with Gasteiger partial charge in [-0.05, 0) is 38.0 Å². The van der Waals surface area contributed by atoms with E-state index < -0.39 is 0 Å². The van der Waals surface area contributed by atoms with Crippen molar-refractivity contribution >= 4 is 0 Å². The number of hydrogen-bond donors (Lipinski definition) is 1. The minimum absolute atomic E-state index is 0.116. The molecule has 0 heterocycles. The highest BCUT2D eigenvalue weighted by Crippen LogP contribution is 2.17. The van der Waals surface area contributed by atoms with Crippen LogP contribution >= 0.6 is 0 Å². The quantitative estimate of drug-likeness (QED) is 0.670. The van der Waals surface area contributed by atoms with Crippen LogP contribution in [-0.4, -0.2) is 32.5 Å². The van der Waals surface area contributed by atoms with Crippen LogP contribution < -0.4 is 10.5 Å². The number of benzene rings is 1. The van der Waals surface area contributed by atoms with Gasteiger partial charge in [0.05, 0.1) is 32.0 Å². The van der Waals surface area contributed by atoms with E-state index in [-0.39, 0.29) is 12.1 Å². The van der Waals surface area contributed by atoms with E-state index in [2.05, 4.69) is 6.92 Å². The van der Waals surface area contributed by atoms with Crippen molar-refractivity contribution in [2.24, 2.45) is 5.73 Å². The maximum Gasteiger partial charge on any atom is 0.119 e. The van der Waals surface area contributed by atoms with Crippen LogP contribution in [-0.2, 0) is 9.47 Å². The number of hydrogen-bond acceptors (Lipinski definition) is 4. The molecule has 0 aromatic heterocycles. The Morgan fingerprint density at radius 3 is 2.25 bits per heavy atom. The summed E-state index contributed by atoms with van der Waals surface area (Å²) in [6.45, 7) is 8.60. The molecule has 2 N–H and O–H groups in total. The molecule has 1 unspecified atom stereocenters. The predicted molar refractivity (Wildman–Crippen MR) is 81.1 cm³/mol. The summed E-state index contributed by atoms with van der Waals surface area (Å²) in [5.41, 5.74) is 7.13. The fourth-order valence-corrected chi connectivity index (χ4v) is 1.74. The van der Waals surface area contributed by atoms with Gasteiger partial charge in [-0.1, -0.05) is 19.1 Å². The first-order chi connectivity index (χ1) is 9.63. The van der Waals surface area contributed by atoms with Gasteiger partial charge in [0.25, 0.3) is 0 Å². The summed E-state index contributed by atoms with van der Waals surface area (Å²) in [4.78, 5) is 0. The third kappa shape index (κ3) is 6.89. The van der Waals surface area contributed by atoms with Crippen LogP contribution in [0.15, 0.2) is 24.3 Å². The largest absolute Gasteiger partial charge is 0.491 e. The molecule has 0 aliphatic carbocycles. The van der Waals surface area contributed by atoms with Crippen LogP contribution in [0.4, 0.5) is 0 Å². The molecular weight excluding hydrogens is 254 g/mol. The van der Waals surface area contributed by atoms with Crippen molar-refractivity contribution in [2.45, 2.75) is 39.3 Å². The van der Waals surface area contributed by atoms with Crippen LogP contribution in [0.3, 0.4) is 0 Å². The monoisotopic (exact) mass is 281 g/mol. The van der Waals surface area contributed by atoms with E-state index in [1.165, 1.54) is 0 Å². The van der Waals surface area contributed by atoms with Crippen LogP contribution in [0.25, 0.3) is 0 Å². The molecule has 0 fully saturated rings. The molecule has 0 saturated carbocycles. The third-order valence-corrected chi connectivity index (χ3v) is 2.70. The van der Waals surface area contributed by atoms with E-state index in [4.69, 9.17) is 19.9 Å². The zero-order chi connectivity index (χ0) is 14.8. The summed E-state index contributed by atoms with van der Waals surface area (Å²) in [5.74, 6) is 0.866. The normalized spacial score (nSPS) is 12.7. The second-order valence-corrected chi connectivity index (χ2v) is 5.03. The molecule has 1 aromatic rings. The standard InChI is InChI=1S/C16H27NO3/c1-4-9-18-10-11-19-12-16(17)14-5-7-15(8-6-14)20-13(2)3/h5-8,13,16H,4,9-12,17H2,1-3H3. The van der Waals surface area contributed by atoms with Gasteiger partial charge >= 0.3 is 0 Å². The average molecular weight is 281 g/mol. The first kappa shape index (κ1) is 17.0. The highest BCUT2D eigenvalue weighted by Gasteiger charge is 2.06. The van der Waals surface area contributed by atoms with E-state index in [0.717, 1.165) is 24.3 Å². The lowest BCUT2D eigenvalue weighted by Crippen LogP contribution is -2.18. The summed E-state index contributed by atoms with van der Waals surface area (Å²) in [5, 5.41) is 0. The van der Waals surface area contributed by atoms with Gasteiger partial charge in [0.2, 0.25) is 0 Å². The highest BCUT2D eigenvalue weighted by molar-refractivity contribution is 5.29. The maximum absolute atomic E-state index is 6.08. The molecule has 1 rings (SSSR count). The Bertz CT molecular complexity index is 351. The predicted octanol–water partition coefficient (Wildman–Crippen LogP) is 2.92. The van der Waals surface area contributed by atoms with Gasteiger partial charge in [-0.3, -0.25) is 0 Å². The van der Waals surface area contributed by atoms with Crippen LogP contribution in [0.1, 0.15) is 38.8 Å². The Balaban J connectivity index is 2.27. The molecule has 114 valence electrons. The summed E-state index contributed by atoms with van der Waals surface area (Å²) in [6, 6.07) is 7.74. The van der Waals surface area contributed by atoms with Gasteiger partial charge < -0.3 is 19.9 Å². The summed E-state index contributed by atoms with van der Waals surface area (Å²) in [6.07, 6.45) is 1.21. The Kier molecular flexibility index (Phi) is 8.26. The molecule has 0 aliphatic heterocycles.